The molecule has 1 aliphatic rings. The Hall–Kier alpha value is -6.64. The first-order valence-corrected chi connectivity index (χ1v) is 24.8. The molecule has 0 aliphatic carbocycles. The van der Waals surface area contributed by atoms with Gasteiger partial charge in [-0.2, -0.15) is 0 Å². The van der Waals surface area contributed by atoms with Crippen molar-refractivity contribution in [3.8, 4) is 0 Å². The van der Waals surface area contributed by atoms with Gasteiger partial charge >= 0.3 is 5.97 Å². The highest BCUT2D eigenvalue weighted by Gasteiger charge is 2.39. The minimum Gasteiger partial charge on any atom is -0.480 e. The van der Waals surface area contributed by atoms with E-state index < -0.39 is 150 Å². The number of carbonyl (C=O) groups excluding carboxylic acids is 10. The Kier molecular flexibility index (Phi) is 28.6. The number of nitrogens with one attached hydrogen (secondary N) is 9. The van der Waals surface area contributed by atoms with Crippen molar-refractivity contribution >= 4 is 71.0 Å². The van der Waals surface area contributed by atoms with Gasteiger partial charge in [0.15, 0.2) is 5.96 Å². The number of guanidine groups is 1. The van der Waals surface area contributed by atoms with E-state index >= 15 is 0 Å². The number of carboxylic acids is 1. The maximum absolute atomic E-state index is 14.1. The standard InChI is InChI=1S/C46H82N14O13/c1-10-25(6)36(59-40(68)31(22-61)56-38(66)29(54-28(9)62)15-11-12-18-47)44(72)55-30(16-13-19-50-46(48)49)39(67)58-35(24(4)5)42(70)52-26(7)37(65)57-34(23(2)3)43(71)53-27(8)45(73)60-20-14-17-32(60)41(69)51-21-33(63)64/h23-27,29-32,34-36,61H,10-22,47H2,1-9H3,(H,51,69)(H,52,70)(H,53,71)(H,54,62)(H,55,72)(H,56,66)(H,57,65)(H,58,67)(H,59,68)(H,63,64)(H4,48,49,50)/t25-,26-,27-,29-,30-,31-,32-,34-,35-,36-/m0/s1. The number of unbranched alkanes of at least 4 members (excludes halogenated alkanes) is 1. The van der Waals surface area contributed by atoms with Crippen LogP contribution in [0.2, 0.25) is 0 Å². The molecule has 1 saturated heterocycles. The van der Waals surface area contributed by atoms with Crippen molar-refractivity contribution in [2.45, 2.75) is 168 Å². The molecule has 10 amide bonds. The van der Waals surface area contributed by atoms with Gasteiger partial charge in [-0.15, -0.1) is 0 Å². The van der Waals surface area contributed by atoms with Gasteiger partial charge in [0.05, 0.1) is 6.61 Å². The van der Waals surface area contributed by atoms with Gasteiger partial charge < -0.3 is 80.2 Å². The monoisotopic (exact) mass is 1040 g/mol. The molecule has 1 heterocycles. The Labute approximate surface area is 426 Å². The Bertz CT molecular complexity index is 1950. The minimum atomic E-state index is -1.54. The van der Waals surface area contributed by atoms with Crippen LogP contribution in [-0.2, 0) is 52.7 Å². The van der Waals surface area contributed by atoms with Crippen LogP contribution in [-0.4, -0.2) is 173 Å². The maximum Gasteiger partial charge on any atom is 0.322 e. The number of aliphatic hydroxyl groups excluding tert-OH is 1. The zero-order valence-electron chi connectivity index (χ0n) is 43.6. The SMILES string of the molecule is CC[C@H](C)[C@H](NC(=O)[C@H](CO)NC(=O)[C@H](CCCCN)NC(C)=O)C(=O)N[C@@H](CCCN=C(N)N)C(=O)N[C@H](C(=O)N[C@@H](C)C(=O)N[C@H](C(=O)N[C@@H](C)C(=O)N1CCC[C@H]1C(=O)NCC(=O)O)C(C)C)C(C)C. The van der Waals surface area contributed by atoms with Crippen molar-refractivity contribution in [2.75, 3.05) is 32.8 Å². The van der Waals surface area contributed by atoms with E-state index in [0.717, 1.165) is 0 Å². The lowest BCUT2D eigenvalue weighted by Gasteiger charge is -2.30. The molecule has 17 N–H and O–H groups in total. The fourth-order valence-corrected chi connectivity index (χ4v) is 7.63. The number of likely N-dealkylation sites (tertiary alicyclic amines) is 1. The molecular weight excluding hydrogens is 957 g/mol. The number of hydrogen-bond acceptors (Lipinski definition) is 14. The molecule has 0 aromatic carbocycles. The number of hydrogen-bond donors (Lipinski definition) is 14. The quantitative estimate of drug-likeness (QED) is 0.0172. The number of nitrogens with zero attached hydrogens (tertiary/aromatic N) is 2. The molecule has 0 radical (unpaired) electrons. The predicted octanol–water partition coefficient (Wildman–Crippen LogP) is -4.35. The fraction of sp³-hybridized carbons (Fsp3) is 0.739. The lowest BCUT2D eigenvalue weighted by atomic mass is 9.96. The molecule has 0 aromatic rings. The molecule has 1 fully saturated rings. The second-order valence-corrected chi connectivity index (χ2v) is 18.9. The normalized spacial score (nSPS) is 16.9. The zero-order valence-corrected chi connectivity index (χ0v) is 43.6. The summed E-state index contributed by atoms with van der Waals surface area (Å²) >= 11 is 0. The predicted molar refractivity (Wildman–Crippen MR) is 267 cm³/mol. The summed E-state index contributed by atoms with van der Waals surface area (Å²) in [6.07, 6.45) is 2.49. The number of aliphatic imine (C=N–C) groups is 1. The summed E-state index contributed by atoms with van der Waals surface area (Å²) < 4.78 is 0. The summed E-state index contributed by atoms with van der Waals surface area (Å²) in [5.74, 6) is -10.5. The van der Waals surface area contributed by atoms with E-state index in [4.69, 9.17) is 22.3 Å². The third-order valence-corrected chi connectivity index (χ3v) is 12.1. The molecule has 0 saturated carbocycles. The van der Waals surface area contributed by atoms with Gasteiger partial charge in [0, 0.05) is 20.0 Å². The average Bonchev–Trinajstić information content (AvgIpc) is 3.82. The molecule has 27 nitrogen and oxygen atoms in total. The van der Waals surface area contributed by atoms with E-state index in [1.165, 1.54) is 25.7 Å². The number of carboxylic acid groups (broad SMARTS) is 1. The molecule has 27 heteroatoms. The largest absolute Gasteiger partial charge is 0.480 e. The third kappa shape index (κ3) is 22.3. The van der Waals surface area contributed by atoms with Gasteiger partial charge in [-0.1, -0.05) is 48.0 Å². The summed E-state index contributed by atoms with van der Waals surface area (Å²) in [4.78, 5) is 150. The Morgan fingerprint density at radius 3 is 1.64 bits per heavy atom. The van der Waals surface area contributed by atoms with Gasteiger partial charge in [-0.05, 0) is 83.1 Å². The minimum absolute atomic E-state index is 0.0518. The molecular formula is C46H82N14O13. The number of rotatable bonds is 32. The van der Waals surface area contributed by atoms with Crippen LogP contribution in [0.25, 0.3) is 0 Å². The maximum atomic E-state index is 14.1. The first-order chi connectivity index (χ1) is 34.2. The van der Waals surface area contributed by atoms with Crippen molar-refractivity contribution in [3.05, 3.63) is 0 Å². The summed E-state index contributed by atoms with van der Waals surface area (Å²) in [7, 11) is 0. The van der Waals surface area contributed by atoms with E-state index in [9.17, 15) is 57.8 Å². The molecule has 0 aromatic heterocycles. The lowest BCUT2D eigenvalue weighted by molar-refractivity contribution is -0.143. The van der Waals surface area contributed by atoms with E-state index in [0.29, 0.717) is 38.6 Å². The number of amides is 10. The molecule has 10 atom stereocenters. The van der Waals surface area contributed by atoms with Crippen LogP contribution in [0.1, 0.15) is 114 Å². The summed E-state index contributed by atoms with van der Waals surface area (Å²) in [6, 6.07) is -11.0. The molecule has 414 valence electrons. The molecule has 1 rings (SSSR count). The second-order valence-electron chi connectivity index (χ2n) is 18.9. The Morgan fingerprint density at radius 2 is 1.12 bits per heavy atom. The lowest BCUT2D eigenvalue weighted by Crippen LogP contribution is -2.62. The van der Waals surface area contributed by atoms with Crippen LogP contribution in [0.4, 0.5) is 0 Å². The van der Waals surface area contributed by atoms with Gasteiger partial charge in [0.2, 0.25) is 59.1 Å². The van der Waals surface area contributed by atoms with E-state index in [2.05, 4.69) is 52.8 Å². The number of carbonyl (C=O) groups is 11. The van der Waals surface area contributed by atoms with Crippen molar-refractivity contribution in [3.63, 3.8) is 0 Å². The average molecular weight is 1040 g/mol. The number of aliphatic carboxylic acids is 1. The fourth-order valence-electron chi connectivity index (χ4n) is 7.63. The molecule has 1 aliphatic heterocycles. The Balaban J connectivity index is 3.23. The zero-order chi connectivity index (χ0) is 55.7. The topological polar surface area (TPSA) is 430 Å². The summed E-state index contributed by atoms with van der Waals surface area (Å²) in [6.45, 7) is 13.0. The van der Waals surface area contributed by atoms with Crippen LogP contribution in [0.3, 0.4) is 0 Å². The Morgan fingerprint density at radius 1 is 0.630 bits per heavy atom. The number of nitrogens with two attached hydrogens (primary N) is 3. The first kappa shape index (κ1) is 64.4. The van der Waals surface area contributed by atoms with E-state index in [-0.39, 0.29) is 38.3 Å². The van der Waals surface area contributed by atoms with Crippen LogP contribution >= 0.6 is 0 Å². The summed E-state index contributed by atoms with van der Waals surface area (Å²) in [5.41, 5.74) is 16.5. The number of aliphatic hydroxyl groups is 1. The highest BCUT2D eigenvalue weighted by molar-refractivity contribution is 5.98. The van der Waals surface area contributed by atoms with Crippen molar-refractivity contribution in [2.24, 2.45) is 39.9 Å². The summed E-state index contributed by atoms with van der Waals surface area (Å²) in [5, 5.41) is 41.9. The van der Waals surface area contributed by atoms with Crippen LogP contribution in [0.15, 0.2) is 4.99 Å². The van der Waals surface area contributed by atoms with Crippen LogP contribution in [0.5, 0.6) is 0 Å². The second kappa shape index (κ2) is 32.4. The highest BCUT2D eigenvalue weighted by atomic mass is 16.4. The van der Waals surface area contributed by atoms with Gasteiger partial charge in [0.1, 0.15) is 60.9 Å². The molecule has 0 spiro atoms. The van der Waals surface area contributed by atoms with Crippen molar-refractivity contribution in [1.82, 2.24) is 52.8 Å². The molecule has 0 unspecified atom stereocenters. The van der Waals surface area contributed by atoms with Gasteiger partial charge in [-0.3, -0.25) is 57.7 Å². The van der Waals surface area contributed by atoms with Crippen molar-refractivity contribution in [1.29, 1.82) is 0 Å². The van der Waals surface area contributed by atoms with Gasteiger partial charge in [0.25, 0.3) is 0 Å². The molecule has 0 bridgehead atoms. The smallest absolute Gasteiger partial charge is 0.322 e. The van der Waals surface area contributed by atoms with Crippen LogP contribution < -0.4 is 65.1 Å². The molecule has 73 heavy (non-hydrogen) atoms. The van der Waals surface area contributed by atoms with Crippen molar-refractivity contribution < 1.29 is 63.0 Å². The highest BCUT2D eigenvalue weighted by Crippen LogP contribution is 2.19. The first-order valence-electron chi connectivity index (χ1n) is 24.8. The van der Waals surface area contributed by atoms with E-state index in [1.807, 2.05) is 0 Å². The van der Waals surface area contributed by atoms with E-state index in [1.54, 1.807) is 41.5 Å². The van der Waals surface area contributed by atoms with Crippen LogP contribution in [0, 0.1) is 17.8 Å². The third-order valence-electron chi connectivity index (χ3n) is 12.1. The van der Waals surface area contributed by atoms with Gasteiger partial charge in [-0.25, -0.2) is 0 Å².